The first kappa shape index (κ1) is 36.5. The van der Waals surface area contributed by atoms with Gasteiger partial charge in [0.2, 0.25) is 0 Å². The third-order valence-electron chi connectivity index (χ3n) is 8.68. The zero-order chi connectivity index (χ0) is 29.8. The van der Waals surface area contributed by atoms with E-state index < -0.39 is 92.3 Å². The molecule has 0 radical (unpaired) electrons. The van der Waals surface area contributed by atoms with Crippen LogP contribution in [0.1, 0.15) is 52.4 Å². The zero-order valence-electron chi connectivity index (χ0n) is 24.5. The number of hydrogen-bond acceptors (Lipinski definition) is 14. The molecule has 4 aliphatic rings. The summed E-state index contributed by atoms with van der Waals surface area (Å²) >= 11 is 0. The van der Waals surface area contributed by atoms with Crippen molar-refractivity contribution in [1.29, 1.82) is 0 Å². The van der Waals surface area contributed by atoms with Crippen molar-refractivity contribution in [3.8, 4) is 0 Å². The predicted octanol–water partition coefficient (Wildman–Crippen LogP) is -5.83. The summed E-state index contributed by atoms with van der Waals surface area (Å²) in [5, 5.41) is 74.4. The van der Waals surface area contributed by atoms with Gasteiger partial charge in [-0.25, -0.2) is 0 Å². The maximum Gasteiger partial charge on any atom is 1.00 e. The minimum absolute atomic E-state index is 0. The SMILES string of the molecule is CC1COC[C@@H](O[C@@H]2O[C@H](CO)[C@H](O)[C@H](O[C@@H](CC3CCCCC3)C(=O)[O-])[C@H]2O)[C@@H]1O[C@@H]1O[C@@H](C)[C@@H](O)[C@@H](O)[C@@H]1O.[Na+]. The minimum Gasteiger partial charge on any atom is -0.547 e. The third-order valence-corrected chi connectivity index (χ3v) is 8.68. The number of carbonyl (C=O) groups excluding carboxylic acids is 1. The Kier molecular flexibility index (Phi) is 14.3. The first-order valence-electron chi connectivity index (χ1n) is 14.6. The van der Waals surface area contributed by atoms with Crippen LogP contribution in [0.4, 0.5) is 0 Å². The number of carboxylic acid groups (broad SMARTS) is 1. The molecule has 0 aromatic rings. The fourth-order valence-corrected chi connectivity index (χ4v) is 6.17. The van der Waals surface area contributed by atoms with Crippen molar-refractivity contribution in [1.82, 2.24) is 0 Å². The van der Waals surface area contributed by atoms with Crippen molar-refractivity contribution < 1.29 is 98.5 Å². The molecule has 1 saturated carbocycles. The van der Waals surface area contributed by atoms with Crippen LogP contribution in [0.25, 0.3) is 0 Å². The maximum absolute atomic E-state index is 12.0. The van der Waals surface area contributed by atoms with Crippen LogP contribution < -0.4 is 34.7 Å². The summed E-state index contributed by atoms with van der Waals surface area (Å²) in [4.78, 5) is 12.0. The maximum atomic E-state index is 12.0. The van der Waals surface area contributed by atoms with Gasteiger partial charge in [0, 0.05) is 5.92 Å². The van der Waals surface area contributed by atoms with Crippen LogP contribution in [-0.2, 0) is 33.2 Å². The smallest absolute Gasteiger partial charge is 0.547 e. The van der Waals surface area contributed by atoms with Crippen LogP contribution in [0.2, 0.25) is 0 Å². The summed E-state index contributed by atoms with van der Waals surface area (Å²) < 4.78 is 34.6. The van der Waals surface area contributed by atoms with Gasteiger partial charge in [0.15, 0.2) is 12.6 Å². The standard InChI is InChI=1S/C27H46O14.Na/c1-12-10-36-11-17(23(12)41-26-21(32)20(31)18(29)13(2)37-26)40-27-22(33)24(19(30)16(9-28)39-27)38-15(25(34)35)8-14-6-4-3-5-7-14;/h12-24,26-33H,3-11H2,1-2H3,(H,34,35);/q;+1/p-1/t12?,13-,15-,16+,17+,18+,19-,20+,21-,22+,23+,24-,26-,27-;/m0./s1. The van der Waals surface area contributed by atoms with Gasteiger partial charge in [0.25, 0.3) is 0 Å². The van der Waals surface area contributed by atoms with E-state index in [1.165, 1.54) is 6.92 Å². The molecule has 6 N–H and O–H groups in total. The van der Waals surface area contributed by atoms with E-state index in [0.29, 0.717) is 0 Å². The molecule has 1 aliphatic carbocycles. The normalized spacial score (nSPS) is 44.2. The van der Waals surface area contributed by atoms with Crippen LogP contribution in [-0.4, -0.2) is 136 Å². The summed E-state index contributed by atoms with van der Waals surface area (Å²) in [5.41, 5.74) is 0. The Morgan fingerprint density at radius 3 is 2.17 bits per heavy atom. The van der Waals surface area contributed by atoms with E-state index in [1.807, 2.05) is 0 Å². The second-order valence-corrected chi connectivity index (χ2v) is 11.8. The van der Waals surface area contributed by atoms with E-state index in [2.05, 4.69) is 0 Å². The first-order valence-corrected chi connectivity index (χ1v) is 14.6. The van der Waals surface area contributed by atoms with Gasteiger partial charge in [-0.15, -0.1) is 0 Å². The summed E-state index contributed by atoms with van der Waals surface area (Å²) in [7, 11) is 0. The van der Waals surface area contributed by atoms with Crippen LogP contribution in [0, 0.1) is 11.8 Å². The molecule has 1 unspecified atom stereocenters. The Labute approximate surface area is 267 Å². The number of aliphatic carboxylic acids is 1. The molecule has 4 fully saturated rings. The molecular formula is C27H45NaO14. The first-order chi connectivity index (χ1) is 19.5. The average Bonchev–Trinajstić information content (AvgIpc) is 2.95. The fraction of sp³-hybridized carbons (Fsp3) is 0.963. The van der Waals surface area contributed by atoms with E-state index >= 15 is 0 Å². The van der Waals surface area contributed by atoms with Crippen molar-refractivity contribution in [3.05, 3.63) is 0 Å². The number of carbonyl (C=O) groups is 1. The molecule has 0 amide bonds. The second kappa shape index (κ2) is 16.5. The predicted molar refractivity (Wildman–Crippen MR) is 135 cm³/mol. The molecule has 3 saturated heterocycles. The molecule has 14 atom stereocenters. The number of rotatable bonds is 10. The van der Waals surface area contributed by atoms with Gasteiger partial charge in [0.05, 0.1) is 44.1 Å². The summed E-state index contributed by atoms with van der Waals surface area (Å²) in [6, 6.07) is 0. The van der Waals surface area contributed by atoms with E-state index in [9.17, 15) is 40.5 Å². The topological polar surface area (TPSA) is 217 Å². The molecular weight excluding hydrogens is 571 g/mol. The monoisotopic (exact) mass is 616 g/mol. The van der Waals surface area contributed by atoms with Crippen molar-refractivity contribution >= 4 is 5.97 Å². The van der Waals surface area contributed by atoms with Gasteiger partial charge in [0.1, 0.15) is 48.8 Å². The summed E-state index contributed by atoms with van der Waals surface area (Å²) in [6.07, 6.45) is -12.1. The molecule has 238 valence electrons. The molecule has 3 heterocycles. The Bertz CT molecular complexity index is 833. The van der Waals surface area contributed by atoms with E-state index in [0.717, 1.165) is 32.1 Å². The molecule has 42 heavy (non-hydrogen) atoms. The van der Waals surface area contributed by atoms with Gasteiger partial charge < -0.3 is 69.0 Å². The molecule has 3 aliphatic heterocycles. The van der Waals surface area contributed by atoms with Crippen molar-refractivity contribution in [2.24, 2.45) is 11.8 Å². The molecule has 14 nitrogen and oxygen atoms in total. The molecule has 0 spiro atoms. The zero-order valence-corrected chi connectivity index (χ0v) is 26.5. The van der Waals surface area contributed by atoms with Crippen LogP contribution in [0.5, 0.6) is 0 Å². The van der Waals surface area contributed by atoms with Crippen molar-refractivity contribution in [2.45, 2.75) is 132 Å². The second-order valence-electron chi connectivity index (χ2n) is 11.8. The number of hydrogen-bond donors (Lipinski definition) is 6. The number of aliphatic hydroxyl groups excluding tert-OH is 6. The Hall–Kier alpha value is -0.0100. The van der Waals surface area contributed by atoms with Crippen molar-refractivity contribution in [3.63, 3.8) is 0 Å². The van der Waals surface area contributed by atoms with Crippen LogP contribution in [0.15, 0.2) is 0 Å². The third kappa shape index (κ3) is 8.62. The summed E-state index contributed by atoms with van der Waals surface area (Å²) in [5.74, 6) is -1.66. The van der Waals surface area contributed by atoms with Crippen LogP contribution in [0.3, 0.4) is 0 Å². The van der Waals surface area contributed by atoms with Gasteiger partial charge in [-0.2, -0.15) is 0 Å². The molecule has 0 aromatic heterocycles. The van der Waals surface area contributed by atoms with E-state index in [4.69, 9.17) is 28.4 Å². The van der Waals surface area contributed by atoms with Gasteiger partial charge in [-0.05, 0) is 19.3 Å². The average molecular weight is 617 g/mol. The number of ether oxygens (including phenoxy) is 6. The molecule has 0 bridgehead atoms. The number of carboxylic acids is 1. The van der Waals surface area contributed by atoms with E-state index in [1.54, 1.807) is 6.92 Å². The molecule has 4 rings (SSSR count). The Morgan fingerprint density at radius 2 is 1.52 bits per heavy atom. The fourth-order valence-electron chi connectivity index (χ4n) is 6.17. The molecule has 0 aromatic carbocycles. The minimum atomic E-state index is -1.66. The van der Waals surface area contributed by atoms with Gasteiger partial charge >= 0.3 is 29.6 Å². The van der Waals surface area contributed by atoms with Gasteiger partial charge in [-0.3, -0.25) is 0 Å². The largest absolute Gasteiger partial charge is 1.00 e. The Morgan fingerprint density at radius 1 is 0.857 bits per heavy atom. The Balaban J connectivity index is 0.00000484. The van der Waals surface area contributed by atoms with Crippen LogP contribution >= 0.6 is 0 Å². The molecule has 15 heteroatoms. The number of aliphatic hydroxyl groups is 6. The van der Waals surface area contributed by atoms with Gasteiger partial charge in [-0.1, -0.05) is 39.0 Å². The quantitative estimate of drug-likeness (QED) is 0.126. The summed E-state index contributed by atoms with van der Waals surface area (Å²) in [6.45, 7) is 2.90. The van der Waals surface area contributed by atoms with Crippen molar-refractivity contribution in [2.75, 3.05) is 19.8 Å². The van der Waals surface area contributed by atoms with E-state index in [-0.39, 0.29) is 61.0 Å².